The molecule has 2 N–H and O–H groups in total. The van der Waals surface area contributed by atoms with Crippen molar-refractivity contribution < 1.29 is 18.3 Å². The molecule has 20 heavy (non-hydrogen) atoms. The molecule has 6 nitrogen and oxygen atoms in total. The second kappa shape index (κ2) is 5.22. The summed E-state index contributed by atoms with van der Waals surface area (Å²) >= 11 is 1.02. The van der Waals surface area contributed by atoms with Crippen LogP contribution in [0.5, 0.6) is 0 Å². The van der Waals surface area contributed by atoms with Gasteiger partial charge in [-0.2, -0.15) is 0 Å². The SMILES string of the molecule is Cc1ccc(NS(=O)(=O)c2cnc(C)s2)c(C(=O)O)c1. The van der Waals surface area contributed by atoms with Gasteiger partial charge in [-0.1, -0.05) is 11.6 Å². The Balaban J connectivity index is 2.42. The fourth-order valence-electron chi connectivity index (χ4n) is 1.59. The van der Waals surface area contributed by atoms with Crippen molar-refractivity contribution in [3.8, 4) is 0 Å². The fourth-order valence-corrected chi connectivity index (χ4v) is 3.77. The molecule has 0 aliphatic carbocycles. The largest absolute Gasteiger partial charge is 0.478 e. The van der Waals surface area contributed by atoms with Crippen LogP contribution >= 0.6 is 11.3 Å². The van der Waals surface area contributed by atoms with Crippen LogP contribution in [0.2, 0.25) is 0 Å². The van der Waals surface area contributed by atoms with Gasteiger partial charge in [0, 0.05) is 0 Å². The van der Waals surface area contributed by atoms with Crippen molar-refractivity contribution in [1.29, 1.82) is 0 Å². The summed E-state index contributed by atoms with van der Waals surface area (Å²) in [6.07, 6.45) is 1.25. The molecule has 0 fully saturated rings. The number of carbonyl (C=O) groups is 1. The van der Waals surface area contributed by atoms with Crippen molar-refractivity contribution in [2.24, 2.45) is 0 Å². The molecule has 0 saturated heterocycles. The highest BCUT2D eigenvalue weighted by atomic mass is 32.2. The molecule has 0 unspecified atom stereocenters. The monoisotopic (exact) mass is 312 g/mol. The zero-order valence-corrected chi connectivity index (χ0v) is 12.4. The first-order chi connectivity index (χ1) is 9.29. The summed E-state index contributed by atoms with van der Waals surface area (Å²) in [4.78, 5) is 15.0. The van der Waals surface area contributed by atoms with Crippen molar-refractivity contribution in [2.45, 2.75) is 18.1 Å². The predicted molar refractivity (Wildman–Crippen MR) is 75.8 cm³/mol. The standard InChI is InChI=1S/C12H12N2O4S2/c1-7-3-4-10(9(5-7)12(15)16)14-20(17,18)11-6-13-8(2)19-11/h3-6,14H,1-2H3,(H,15,16). The molecule has 1 aromatic heterocycles. The normalized spacial score (nSPS) is 11.3. The molecule has 0 amide bonds. The number of sulfonamides is 1. The molecular weight excluding hydrogens is 300 g/mol. The lowest BCUT2D eigenvalue weighted by Crippen LogP contribution is -2.14. The Morgan fingerprint density at radius 3 is 2.60 bits per heavy atom. The Labute approximate surface area is 120 Å². The second-order valence-corrected chi connectivity index (χ2v) is 7.30. The van der Waals surface area contributed by atoms with E-state index in [2.05, 4.69) is 9.71 Å². The Morgan fingerprint density at radius 2 is 2.05 bits per heavy atom. The highest BCUT2D eigenvalue weighted by Gasteiger charge is 2.20. The van der Waals surface area contributed by atoms with E-state index in [0.717, 1.165) is 16.9 Å². The molecule has 0 saturated carbocycles. The lowest BCUT2D eigenvalue weighted by atomic mass is 10.1. The number of carboxylic acids is 1. The Bertz CT molecular complexity index is 766. The molecule has 2 aromatic rings. The molecule has 0 bridgehead atoms. The second-order valence-electron chi connectivity index (χ2n) is 4.16. The lowest BCUT2D eigenvalue weighted by Gasteiger charge is -2.09. The van der Waals surface area contributed by atoms with E-state index in [1.807, 2.05) is 0 Å². The van der Waals surface area contributed by atoms with E-state index in [1.165, 1.54) is 18.3 Å². The van der Waals surface area contributed by atoms with Gasteiger partial charge in [-0.15, -0.1) is 11.3 Å². The van der Waals surface area contributed by atoms with Gasteiger partial charge < -0.3 is 5.11 Å². The zero-order chi connectivity index (χ0) is 14.9. The third-order valence-electron chi connectivity index (χ3n) is 2.51. The quantitative estimate of drug-likeness (QED) is 0.902. The van der Waals surface area contributed by atoms with Gasteiger partial charge in [0.05, 0.1) is 22.5 Å². The van der Waals surface area contributed by atoms with Gasteiger partial charge in [0.1, 0.15) is 0 Å². The predicted octanol–water partition coefficient (Wildman–Crippen LogP) is 2.26. The minimum Gasteiger partial charge on any atom is -0.478 e. The molecule has 0 atom stereocenters. The Kier molecular flexibility index (Phi) is 3.78. The molecule has 0 spiro atoms. The van der Waals surface area contributed by atoms with Crippen LogP contribution in [0, 0.1) is 13.8 Å². The molecule has 0 aliphatic rings. The zero-order valence-electron chi connectivity index (χ0n) is 10.7. The molecule has 1 heterocycles. The van der Waals surface area contributed by atoms with Gasteiger partial charge in [0.25, 0.3) is 10.0 Å². The van der Waals surface area contributed by atoms with Crippen LogP contribution in [-0.2, 0) is 10.0 Å². The summed E-state index contributed by atoms with van der Waals surface area (Å²) < 4.78 is 26.6. The number of rotatable bonds is 4. The smallest absolute Gasteiger partial charge is 0.337 e. The van der Waals surface area contributed by atoms with Gasteiger partial charge in [-0.3, -0.25) is 4.72 Å². The van der Waals surface area contributed by atoms with Crippen LogP contribution < -0.4 is 4.72 Å². The molecule has 106 valence electrons. The van der Waals surface area contributed by atoms with Crippen molar-refractivity contribution in [1.82, 2.24) is 4.98 Å². The van der Waals surface area contributed by atoms with Crippen LogP contribution in [0.3, 0.4) is 0 Å². The third-order valence-corrected chi connectivity index (χ3v) is 5.25. The minimum atomic E-state index is -3.82. The van der Waals surface area contributed by atoms with E-state index in [-0.39, 0.29) is 15.5 Å². The van der Waals surface area contributed by atoms with E-state index in [0.29, 0.717) is 5.01 Å². The Hall–Kier alpha value is -1.93. The van der Waals surface area contributed by atoms with E-state index < -0.39 is 16.0 Å². The number of aryl methyl sites for hydroxylation is 2. The first kappa shape index (κ1) is 14.5. The van der Waals surface area contributed by atoms with Crippen molar-refractivity contribution >= 4 is 33.0 Å². The average Bonchev–Trinajstić information content (AvgIpc) is 2.78. The molecule has 8 heteroatoms. The summed E-state index contributed by atoms with van der Waals surface area (Å²) in [5.74, 6) is -1.19. The number of benzene rings is 1. The number of carboxylic acid groups (broad SMARTS) is 1. The maximum Gasteiger partial charge on any atom is 0.337 e. The maximum absolute atomic E-state index is 12.1. The van der Waals surface area contributed by atoms with Crippen LogP contribution in [0.25, 0.3) is 0 Å². The summed E-state index contributed by atoms with van der Waals surface area (Å²) in [6, 6.07) is 4.49. The van der Waals surface area contributed by atoms with Gasteiger partial charge in [-0.25, -0.2) is 18.2 Å². The lowest BCUT2D eigenvalue weighted by molar-refractivity contribution is 0.0698. The number of aromatic nitrogens is 1. The molecule has 0 radical (unpaired) electrons. The van der Waals surface area contributed by atoms with Crippen molar-refractivity contribution in [2.75, 3.05) is 4.72 Å². The number of hydrogen-bond acceptors (Lipinski definition) is 5. The van der Waals surface area contributed by atoms with Crippen molar-refractivity contribution in [3.05, 3.63) is 40.5 Å². The van der Waals surface area contributed by atoms with E-state index in [9.17, 15) is 13.2 Å². The van der Waals surface area contributed by atoms with Crippen LogP contribution in [0.15, 0.2) is 28.6 Å². The number of nitrogens with one attached hydrogen (secondary N) is 1. The third kappa shape index (κ3) is 2.97. The van der Waals surface area contributed by atoms with E-state index >= 15 is 0 Å². The van der Waals surface area contributed by atoms with Gasteiger partial charge in [-0.05, 0) is 26.0 Å². The van der Waals surface area contributed by atoms with Crippen LogP contribution in [-0.4, -0.2) is 24.5 Å². The van der Waals surface area contributed by atoms with Gasteiger partial charge in [0.15, 0.2) is 4.21 Å². The molecule has 2 rings (SSSR count). The summed E-state index contributed by atoms with van der Waals surface area (Å²) in [5, 5.41) is 9.74. The van der Waals surface area contributed by atoms with Gasteiger partial charge in [0.2, 0.25) is 0 Å². The highest BCUT2D eigenvalue weighted by Crippen LogP contribution is 2.24. The Morgan fingerprint density at radius 1 is 1.35 bits per heavy atom. The molecule has 1 aromatic carbocycles. The maximum atomic E-state index is 12.1. The first-order valence-electron chi connectivity index (χ1n) is 5.59. The van der Waals surface area contributed by atoms with Crippen molar-refractivity contribution in [3.63, 3.8) is 0 Å². The number of aromatic carboxylic acids is 1. The summed E-state index contributed by atoms with van der Waals surface area (Å²) in [5.41, 5.74) is 0.683. The minimum absolute atomic E-state index is 0.0363. The topological polar surface area (TPSA) is 96.4 Å². The van der Waals surface area contributed by atoms with E-state index in [4.69, 9.17) is 5.11 Å². The average molecular weight is 312 g/mol. The van der Waals surface area contributed by atoms with Gasteiger partial charge >= 0.3 is 5.97 Å². The first-order valence-corrected chi connectivity index (χ1v) is 7.89. The number of nitrogens with zero attached hydrogens (tertiary/aromatic N) is 1. The fraction of sp³-hybridized carbons (Fsp3) is 0.167. The van der Waals surface area contributed by atoms with Crippen LogP contribution in [0.1, 0.15) is 20.9 Å². The molecular formula is C12H12N2O4S2. The number of anilines is 1. The summed E-state index contributed by atoms with van der Waals surface area (Å²) in [7, 11) is -3.82. The van der Waals surface area contributed by atoms with Crippen LogP contribution in [0.4, 0.5) is 5.69 Å². The number of hydrogen-bond donors (Lipinski definition) is 2. The number of thiazole rings is 1. The van der Waals surface area contributed by atoms with E-state index in [1.54, 1.807) is 19.9 Å². The molecule has 0 aliphatic heterocycles. The highest BCUT2D eigenvalue weighted by molar-refractivity contribution is 7.94. The summed E-state index contributed by atoms with van der Waals surface area (Å²) in [6.45, 7) is 3.43.